The van der Waals surface area contributed by atoms with E-state index in [1.54, 1.807) is 4.68 Å². The number of para-hydroxylation sites is 2. The smallest absolute Gasteiger partial charge is 0.230 e. The summed E-state index contributed by atoms with van der Waals surface area (Å²) in [7, 11) is 1.90. The number of aromatic nitrogens is 5. The first-order valence-corrected chi connectivity index (χ1v) is 10.4. The highest BCUT2D eigenvalue weighted by atomic mass is 16.2. The van der Waals surface area contributed by atoms with Gasteiger partial charge in [-0.1, -0.05) is 36.6 Å². The molecule has 2 aliphatic rings. The van der Waals surface area contributed by atoms with Crippen molar-refractivity contribution in [2.45, 2.75) is 57.4 Å². The molecule has 1 aromatic carbocycles. The number of hydrogen-bond donors (Lipinski definition) is 1. The van der Waals surface area contributed by atoms with Crippen LogP contribution in [0.25, 0.3) is 11.0 Å². The van der Waals surface area contributed by atoms with Crippen LogP contribution in [0.1, 0.15) is 56.0 Å². The van der Waals surface area contributed by atoms with Gasteiger partial charge in [0, 0.05) is 25.4 Å². The molecule has 7 heteroatoms. The van der Waals surface area contributed by atoms with Crippen molar-refractivity contribution >= 4 is 22.9 Å². The average Bonchev–Trinajstić information content (AvgIpc) is 3.28. The van der Waals surface area contributed by atoms with Gasteiger partial charge in [-0.15, -0.1) is 5.10 Å². The van der Waals surface area contributed by atoms with Crippen LogP contribution >= 0.6 is 0 Å². The Balaban J connectivity index is 1.43. The van der Waals surface area contributed by atoms with E-state index in [-0.39, 0.29) is 11.8 Å². The van der Waals surface area contributed by atoms with Gasteiger partial charge in [-0.25, -0.2) is 4.98 Å². The van der Waals surface area contributed by atoms with Crippen LogP contribution in [0.2, 0.25) is 0 Å². The number of amides is 1. The summed E-state index contributed by atoms with van der Waals surface area (Å²) < 4.78 is 4.07. The van der Waals surface area contributed by atoms with Crippen molar-refractivity contribution in [2.75, 3.05) is 5.32 Å². The normalized spacial score (nSPS) is 20.2. The summed E-state index contributed by atoms with van der Waals surface area (Å²) in [4.78, 5) is 17.9. The van der Waals surface area contributed by atoms with E-state index in [1.165, 1.54) is 19.3 Å². The van der Waals surface area contributed by atoms with Crippen LogP contribution in [0.15, 0.2) is 24.3 Å². The Morgan fingerprint density at radius 1 is 1.14 bits per heavy atom. The van der Waals surface area contributed by atoms with E-state index in [4.69, 9.17) is 4.98 Å². The number of carbonyl (C=O) groups is 1. The zero-order valence-electron chi connectivity index (χ0n) is 16.3. The predicted octanol–water partition coefficient (Wildman–Crippen LogP) is 3.41. The van der Waals surface area contributed by atoms with Crippen LogP contribution in [0, 0.1) is 5.92 Å². The van der Waals surface area contributed by atoms with Gasteiger partial charge in [0.25, 0.3) is 0 Å². The fraction of sp³-hybridized carbons (Fsp3) is 0.524. The summed E-state index contributed by atoms with van der Waals surface area (Å²) in [6.45, 7) is 0. The number of aryl methyl sites for hydroxylation is 2. The fourth-order valence-electron chi connectivity index (χ4n) is 4.79. The third kappa shape index (κ3) is 2.99. The van der Waals surface area contributed by atoms with Gasteiger partial charge in [-0.3, -0.25) is 14.8 Å². The van der Waals surface area contributed by atoms with Crippen molar-refractivity contribution in [3.05, 3.63) is 35.7 Å². The third-order valence-electron chi connectivity index (χ3n) is 6.33. The number of carbonyl (C=O) groups excluding carboxylic acids is 1. The summed E-state index contributed by atoms with van der Waals surface area (Å²) in [6, 6.07) is 8.60. The summed E-state index contributed by atoms with van der Waals surface area (Å²) in [6.07, 6.45) is 8.38. The third-order valence-corrected chi connectivity index (χ3v) is 6.33. The topological polar surface area (TPSA) is 77.6 Å². The Labute approximate surface area is 164 Å². The second-order valence-corrected chi connectivity index (χ2v) is 8.12. The van der Waals surface area contributed by atoms with Gasteiger partial charge in [0.15, 0.2) is 0 Å². The molecule has 1 amide bonds. The Bertz CT molecular complexity index is 1010. The maximum absolute atomic E-state index is 13.1. The zero-order valence-corrected chi connectivity index (χ0v) is 16.3. The van der Waals surface area contributed by atoms with Crippen molar-refractivity contribution in [1.82, 2.24) is 24.5 Å². The Morgan fingerprint density at radius 2 is 1.96 bits per heavy atom. The van der Waals surface area contributed by atoms with Gasteiger partial charge >= 0.3 is 0 Å². The van der Waals surface area contributed by atoms with Gasteiger partial charge in [0.05, 0.1) is 22.4 Å². The lowest BCUT2D eigenvalue weighted by atomic mass is 9.89. The summed E-state index contributed by atoms with van der Waals surface area (Å²) >= 11 is 0. The summed E-state index contributed by atoms with van der Waals surface area (Å²) in [5.41, 5.74) is 4.17. The molecule has 2 aromatic heterocycles. The first-order valence-electron chi connectivity index (χ1n) is 10.4. The van der Waals surface area contributed by atoms with E-state index in [9.17, 15) is 4.79 Å². The zero-order chi connectivity index (χ0) is 19.1. The minimum absolute atomic E-state index is 0.0548. The summed E-state index contributed by atoms with van der Waals surface area (Å²) in [5.74, 6) is 0.690. The van der Waals surface area contributed by atoms with Gasteiger partial charge in [0.1, 0.15) is 0 Å². The van der Waals surface area contributed by atoms with Crippen molar-refractivity contribution < 1.29 is 4.79 Å². The minimum Gasteiger partial charge on any atom is -0.307 e. The molecule has 0 unspecified atom stereocenters. The molecule has 146 valence electrons. The Hall–Kier alpha value is -2.70. The van der Waals surface area contributed by atoms with Crippen LogP contribution in [0.5, 0.6) is 0 Å². The lowest BCUT2D eigenvalue weighted by Crippen LogP contribution is -2.30. The fourth-order valence-corrected chi connectivity index (χ4v) is 4.79. The Kier molecular flexibility index (Phi) is 4.37. The van der Waals surface area contributed by atoms with Crippen molar-refractivity contribution in [3.63, 3.8) is 0 Å². The molecule has 1 fully saturated rings. The Morgan fingerprint density at radius 3 is 2.82 bits per heavy atom. The minimum atomic E-state index is -0.0654. The van der Waals surface area contributed by atoms with Crippen molar-refractivity contribution in [2.24, 2.45) is 13.0 Å². The van der Waals surface area contributed by atoms with Gasteiger partial charge in [-0.05, 0) is 37.8 Å². The van der Waals surface area contributed by atoms with Crippen LogP contribution < -0.4 is 5.32 Å². The lowest BCUT2D eigenvalue weighted by molar-refractivity contribution is -0.120. The highest BCUT2D eigenvalue weighted by molar-refractivity contribution is 5.93. The van der Waals surface area contributed by atoms with Gasteiger partial charge in [0.2, 0.25) is 11.9 Å². The second kappa shape index (κ2) is 7.04. The molecular formula is C21H26N6O. The van der Waals surface area contributed by atoms with E-state index in [0.29, 0.717) is 18.4 Å². The molecule has 2 aliphatic carbocycles. The molecule has 1 atom stereocenters. The predicted molar refractivity (Wildman–Crippen MR) is 107 cm³/mol. The van der Waals surface area contributed by atoms with Crippen LogP contribution in [0.4, 0.5) is 5.95 Å². The second-order valence-electron chi connectivity index (χ2n) is 8.12. The van der Waals surface area contributed by atoms with E-state index >= 15 is 0 Å². The number of imidazole rings is 1. The molecule has 5 rings (SSSR count). The highest BCUT2D eigenvalue weighted by Gasteiger charge is 2.30. The summed E-state index contributed by atoms with van der Waals surface area (Å²) in [5, 5.41) is 11.5. The average molecular weight is 378 g/mol. The maximum Gasteiger partial charge on any atom is 0.230 e. The number of benzene rings is 1. The monoisotopic (exact) mass is 378 g/mol. The molecule has 0 bridgehead atoms. The molecule has 0 saturated heterocycles. The largest absolute Gasteiger partial charge is 0.307 e. The molecule has 7 nitrogen and oxygen atoms in total. The molecule has 3 aromatic rings. The number of anilines is 1. The highest BCUT2D eigenvalue weighted by Crippen LogP contribution is 2.34. The van der Waals surface area contributed by atoms with E-state index < -0.39 is 0 Å². The lowest BCUT2D eigenvalue weighted by Gasteiger charge is -2.26. The van der Waals surface area contributed by atoms with Crippen LogP contribution in [0.3, 0.4) is 0 Å². The number of rotatable bonds is 3. The standard InChI is InChI=1S/C21H26N6O/c1-26-19-13-14(11-12-17(19)24-25-26)20(28)23-21-22-16-9-5-6-10-18(16)27(21)15-7-3-2-4-8-15/h5-6,9-10,14-15H,2-4,7-8,11-13H2,1H3,(H,22,23,28)/t14-/m0/s1. The quantitative estimate of drug-likeness (QED) is 0.758. The molecule has 0 spiro atoms. The van der Waals surface area contributed by atoms with Gasteiger partial charge < -0.3 is 4.57 Å². The molecule has 2 heterocycles. The van der Waals surface area contributed by atoms with Crippen LogP contribution in [-0.4, -0.2) is 30.5 Å². The number of nitrogens with zero attached hydrogens (tertiary/aromatic N) is 5. The van der Waals surface area contributed by atoms with Crippen molar-refractivity contribution in [3.8, 4) is 0 Å². The molecule has 1 N–H and O–H groups in total. The number of fused-ring (bicyclic) bond motifs is 2. The van der Waals surface area contributed by atoms with E-state index in [1.807, 2.05) is 25.2 Å². The molecule has 0 aliphatic heterocycles. The van der Waals surface area contributed by atoms with Gasteiger partial charge in [-0.2, -0.15) is 0 Å². The molecule has 1 saturated carbocycles. The van der Waals surface area contributed by atoms with E-state index in [2.05, 4.69) is 26.3 Å². The maximum atomic E-state index is 13.1. The van der Waals surface area contributed by atoms with Crippen molar-refractivity contribution in [1.29, 1.82) is 0 Å². The molecular weight excluding hydrogens is 352 g/mol. The van der Waals surface area contributed by atoms with E-state index in [0.717, 1.165) is 48.1 Å². The SMILES string of the molecule is Cn1nnc2c1C[C@@H](C(=O)Nc1nc3ccccc3n1C1CCCCC1)CC2. The number of nitrogens with one attached hydrogen (secondary N) is 1. The first kappa shape index (κ1) is 17.4. The number of hydrogen-bond acceptors (Lipinski definition) is 4. The first-order chi connectivity index (χ1) is 13.7. The van der Waals surface area contributed by atoms with Crippen LogP contribution in [-0.2, 0) is 24.7 Å². The molecule has 0 radical (unpaired) electrons. The molecule has 28 heavy (non-hydrogen) atoms.